The average molecular weight is 339 g/mol. The zero-order valence-corrected chi connectivity index (χ0v) is 13.3. The maximum atomic E-state index is 12.3. The second kappa shape index (κ2) is 6.21. The Hall–Kier alpha value is -3.06. The minimum atomic E-state index is -1.20. The maximum absolute atomic E-state index is 12.3. The molecule has 1 aromatic carbocycles. The van der Waals surface area contributed by atoms with Crippen molar-refractivity contribution in [3.63, 3.8) is 0 Å². The first-order chi connectivity index (χ1) is 11.5. The van der Waals surface area contributed by atoms with Gasteiger partial charge in [-0.15, -0.1) is 6.58 Å². The highest BCUT2D eigenvalue weighted by atomic mass is 32.1. The van der Waals surface area contributed by atoms with E-state index in [0.29, 0.717) is 12.2 Å². The van der Waals surface area contributed by atoms with Crippen LogP contribution in [0.15, 0.2) is 53.8 Å². The smallest absolute Gasteiger partial charge is 0.336 e. The molecule has 0 radical (unpaired) electrons. The van der Waals surface area contributed by atoms with Crippen molar-refractivity contribution in [1.29, 1.82) is 0 Å². The van der Waals surface area contributed by atoms with Crippen molar-refractivity contribution < 1.29 is 9.90 Å². The predicted molar refractivity (Wildman–Crippen MR) is 93.8 cm³/mol. The molecule has 0 atom stereocenters. The van der Waals surface area contributed by atoms with E-state index in [4.69, 9.17) is 12.2 Å². The van der Waals surface area contributed by atoms with Crippen molar-refractivity contribution >= 4 is 29.2 Å². The molecule has 0 aliphatic heterocycles. The lowest BCUT2D eigenvalue weighted by Crippen LogP contribution is -2.19. The molecule has 2 aromatic heterocycles. The number of aromatic amines is 1. The van der Waals surface area contributed by atoms with Crippen molar-refractivity contribution in [3.05, 3.63) is 69.7 Å². The van der Waals surface area contributed by atoms with Gasteiger partial charge in [-0.3, -0.25) is 14.3 Å². The van der Waals surface area contributed by atoms with Gasteiger partial charge in [0.2, 0.25) is 0 Å². The minimum absolute atomic E-state index is 0.00219. The zero-order chi connectivity index (χ0) is 17.3. The van der Waals surface area contributed by atoms with E-state index in [1.807, 2.05) is 30.3 Å². The summed E-state index contributed by atoms with van der Waals surface area (Å²) in [5.41, 5.74) is 0.742. The number of fused-ring (bicyclic) bond motifs is 1. The molecule has 0 fully saturated rings. The number of carboxylic acid groups (broad SMARTS) is 1. The van der Waals surface area contributed by atoms with E-state index in [9.17, 15) is 14.7 Å². The number of pyridine rings is 1. The first-order valence-electron chi connectivity index (χ1n) is 7.10. The second-order valence-corrected chi connectivity index (χ2v) is 5.47. The Morgan fingerprint density at radius 2 is 2.08 bits per heavy atom. The summed E-state index contributed by atoms with van der Waals surface area (Å²) in [5, 5.41) is 9.53. The number of allylic oxidation sites excluding steroid dienone is 1. The number of nitrogens with one attached hydrogen (secondary N) is 1. The number of hydrogen-bond donors (Lipinski definition) is 2. The van der Waals surface area contributed by atoms with Gasteiger partial charge in [0.05, 0.1) is 16.6 Å². The van der Waals surface area contributed by atoms with Crippen LogP contribution in [0.2, 0.25) is 0 Å². The SMILES string of the molecule is C=CCn1c(=S)[nH]c(=O)c2c(C(=O)O)cc(-c3ccccc3)nc21. The number of nitrogens with zero attached hydrogens (tertiary/aromatic N) is 2. The summed E-state index contributed by atoms with van der Waals surface area (Å²) < 4.78 is 1.72. The molecule has 3 rings (SSSR count). The number of rotatable bonds is 4. The van der Waals surface area contributed by atoms with E-state index < -0.39 is 11.5 Å². The van der Waals surface area contributed by atoms with E-state index >= 15 is 0 Å². The summed E-state index contributed by atoms with van der Waals surface area (Å²) in [5.74, 6) is -1.20. The van der Waals surface area contributed by atoms with Crippen molar-refractivity contribution in [2.45, 2.75) is 6.54 Å². The van der Waals surface area contributed by atoms with E-state index in [0.717, 1.165) is 5.56 Å². The summed E-state index contributed by atoms with van der Waals surface area (Å²) in [4.78, 5) is 30.9. The molecule has 0 amide bonds. The maximum Gasteiger partial charge on any atom is 0.336 e. The van der Waals surface area contributed by atoms with Gasteiger partial charge in [0.25, 0.3) is 5.56 Å². The summed E-state index contributed by atoms with van der Waals surface area (Å²) in [7, 11) is 0. The van der Waals surface area contributed by atoms with Crippen molar-refractivity contribution in [2.24, 2.45) is 0 Å². The quantitative estimate of drug-likeness (QED) is 0.563. The van der Waals surface area contributed by atoms with Gasteiger partial charge >= 0.3 is 5.97 Å². The number of hydrogen-bond acceptors (Lipinski definition) is 4. The molecule has 6 nitrogen and oxygen atoms in total. The largest absolute Gasteiger partial charge is 0.478 e. The van der Waals surface area contributed by atoms with Gasteiger partial charge in [-0.05, 0) is 18.3 Å². The fourth-order valence-electron chi connectivity index (χ4n) is 2.50. The van der Waals surface area contributed by atoms with Crippen molar-refractivity contribution in [1.82, 2.24) is 14.5 Å². The lowest BCUT2D eigenvalue weighted by atomic mass is 10.1. The van der Waals surface area contributed by atoms with Crippen LogP contribution in [0.25, 0.3) is 22.3 Å². The molecule has 0 bridgehead atoms. The van der Waals surface area contributed by atoms with E-state index in [2.05, 4.69) is 16.5 Å². The van der Waals surface area contributed by atoms with Crippen molar-refractivity contribution in [3.8, 4) is 11.3 Å². The van der Waals surface area contributed by atoms with Crippen LogP contribution in [-0.2, 0) is 6.54 Å². The lowest BCUT2D eigenvalue weighted by molar-refractivity contribution is 0.0699. The van der Waals surface area contributed by atoms with Crippen LogP contribution in [0.3, 0.4) is 0 Å². The monoisotopic (exact) mass is 339 g/mol. The third kappa shape index (κ3) is 2.65. The van der Waals surface area contributed by atoms with Crippen LogP contribution in [0.5, 0.6) is 0 Å². The molecule has 0 aliphatic rings. The molecule has 120 valence electrons. The summed E-state index contributed by atoms with van der Waals surface area (Å²) >= 11 is 5.17. The molecular weight excluding hydrogens is 326 g/mol. The Kier molecular flexibility index (Phi) is 4.09. The number of carboxylic acids is 1. The normalized spacial score (nSPS) is 10.7. The van der Waals surface area contributed by atoms with Crippen LogP contribution < -0.4 is 5.56 Å². The summed E-state index contributed by atoms with van der Waals surface area (Å²) in [6.07, 6.45) is 1.60. The molecule has 0 spiro atoms. The van der Waals surface area contributed by atoms with Gasteiger partial charge in [-0.25, -0.2) is 9.78 Å². The van der Waals surface area contributed by atoms with E-state index in [-0.39, 0.29) is 21.4 Å². The first kappa shape index (κ1) is 15.8. The number of benzene rings is 1. The average Bonchev–Trinajstić information content (AvgIpc) is 2.58. The van der Waals surface area contributed by atoms with Gasteiger partial charge in [0.1, 0.15) is 5.65 Å². The summed E-state index contributed by atoms with van der Waals surface area (Å²) in [6.45, 7) is 3.96. The Morgan fingerprint density at radius 1 is 1.38 bits per heavy atom. The van der Waals surface area contributed by atoms with Crippen LogP contribution in [0.4, 0.5) is 0 Å². The number of H-pyrrole nitrogens is 1. The van der Waals surface area contributed by atoms with Gasteiger partial charge in [0, 0.05) is 12.1 Å². The van der Waals surface area contributed by atoms with Gasteiger partial charge in [-0.1, -0.05) is 36.4 Å². The van der Waals surface area contributed by atoms with Gasteiger partial charge in [0.15, 0.2) is 4.77 Å². The van der Waals surface area contributed by atoms with Crippen LogP contribution in [0, 0.1) is 4.77 Å². The minimum Gasteiger partial charge on any atom is -0.478 e. The molecule has 0 saturated heterocycles. The summed E-state index contributed by atoms with van der Waals surface area (Å²) in [6, 6.07) is 10.5. The molecular formula is C17H13N3O3S. The topological polar surface area (TPSA) is 88.0 Å². The third-order valence-corrected chi connectivity index (χ3v) is 3.88. The fraction of sp³-hybridized carbons (Fsp3) is 0.0588. The molecule has 24 heavy (non-hydrogen) atoms. The predicted octanol–water partition coefficient (Wildman–Crippen LogP) is 3.01. The molecule has 0 aliphatic carbocycles. The van der Waals surface area contributed by atoms with Gasteiger partial charge < -0.3 is 5.11 Å². The van der Waals surface area contributed by atoms with Crippen molar-refractivity contribution in [2.75, 3.05) is 0 Å². The van der Waals surface area contributed by atoms with E-state index in [1.54, 1.807) is 10.6 Å². The number of aromatic carboxylic acids is 1. The Bertz CT molecular complexity index is 1070. The molecule has 0 unspecified atom stereocenters. The second-order valence-electron chi connectivity index (χ2n) is 5.08. The Morgan fingerprint density at radius 3 is 2.71 bits per heavy atom. The highest BCUT2D eigenvalue weighted by Crippen LogP contribution is 2.23. The van der Waals surface area contributed by atoms with Crippen LogP contribution in [0.1, 0.15) is 10.4 Å². The highest BCUT2D eigenvalue weighted by molar-refractivity contribution is 7.71. The Labute approximate surface area is 141 Å². The lowest BCUT2D eigenvalue weighted by Gasteiger charge is -2.11. The zero-order valence-electron chi connectivity index (χ0n) is 12.5. The molecule has 2 N–H and O–H groups in total. The first-order valence-corrected chi connectivity index (χ1v) is 7.51. The molecule has 7 heteroatoms. The van der Waals surface area contributed by atoms with Crippen LogP contribution in [-0.4, -0.2) is 25.6 Å². The highest BCUT2D eigenvalue weighted by Gasteiger charge is 2.18. The standard InChI is InChI=1S/C17H13N3O3S/c1-2-8-20-14-13(15(21)19-17(20)24)11(16(22)23)9-12(18-14)10-6-4-3-5-7-10/h2-7,9H,1,8H2,(H,22,23)(H,19,21,24). The molecule has 0 saturated carbocycles. The fourth-order valence-corrected chi connectivity index (χ4v) is 2.75. The third-order valence-electron chi connectivity index (χ3n) is 3.56. The van der Waals surface area contributed by atoms with Gasteiger partial charge in [-0.2, -0.15) is 0 Å². The molecule has 3 aromatic rings. The molecule has 2 heterocycles. The Balaban J connectivity index is 2.49. The number of aromatic nitrogens is 3. The number of carbonyl (C=O) groups is 1. The van der Waals surface area contributed by atoms with E-state index in [1.165, 1.54) is 6.07 Å². The van der Waals surface area contributed by atoms with Crippen LogP contribution >= 0.6 is 12.2 Å².